The first-order valence-corrected chi connectivity index (χ1v) is 7.25. The van der Waals surface area contributed by atoms with Crippen molar-refractivity contribution < 1.29 is 9.21 Å². The van der Waals surface area contributed by atoms with Gasteiger partial charge in [0.25, 0.3) is 5.91 Å². The molecule has 0 spiro atoms. The van der Waals surface area contributed by atoms with Gasteiger partial charge in [-0.15, -0.1) is 0 Å². The van der Waals surface area contributed by atoms with Gasteiger partial charge in [-0.3, -0.25) is 4.79 Å². The second kappa shape index (κ2) is 6.76. The van der Waals surface area contributed by atoms with E-state index in [1.54, 1.807) is 6.07 Å². The number of furan rings is 1. The number of amides is 1. The SMILES string of the molecule is O=C(NCC(c1ccccc1)c1ccccc1)c1ccoc1. The minimum Gasteiger partial charge on any atom is -0.472 e. The van der Waals surface area contributed by atoms with Gasteiger partial charge in [0.15, 0.2) is 0 Å². The molecule has 0 unspecified atom stereocenters. The highest BCUT2D eigenvalue weighted by Gasteiger charge is 2.15. The van der Waals surface area contributed by atoms with E-state index in [1.165, 1.54) is 23.7 Å². The average Bonchev–Trinajstić information content (AvgIpc) is 3.11. The van der Waals surface area contributed by atoms with Crippen LogP contribution >= 0.6 is 0 Å². The molecule has 110 valence electrons. The van der Waals surface area contributed by atoms with Crippen LogP contribution in [0.3, 0.4) is 0 Å². The van der Waals surface area contributed by atoms with Crippen molar-refractivity contribution in [1.29, 1.82) is 0 Å². The summed E-state index contributed by atoms with van der Waals surface area (Å²) in [6.45, 7) is 0.540. The molecule has 3 rings (SSSR count). The van der Waals surface area contributed by atoms with Crippen LogP contribution in [0.5, 0.6) is 0 Å². The third-order valence-corrected chi connectivity index (χ3v) is 3.65. The van der Waals surface area contributed by atoms with E-state index in [-0.39, 0.29) is 11.8 Å². The van der Waals surface area contributed by atoms with Gasteiger partial charge >= 0.3 is 0 Å². The zero-order valence-electron chi connectivity index (χ0n) is 12.1. The lowest BCUT2D eigenvalue weighted by Gasteiger charge is -2.18. The Balaban J connectivity index is 1.79. The van der Waals surface area contributed by atoms with Gasteiger partial charge in [0.05, 0.1) is 11.8 Å². The molecule has 1 heterocycles. The van der Waals surface area contributed by atoms with Crippen molar-refractivity contribution in [3.05, 3.63) is 95.9 Å². The zero-order valence-corrected chi connectivity index (χ0v) is 12.1. The van der Waals surface area contributed by atoms with Crippen LogP contribution in [0.2, 0.25) is 0 Å². The van der Waals surface area contributed by atoms with Gasteiger partial charge in [-0.25, -0.2) is 0 Å². The van der Waals surface area contributed by atoms with Crippen LogP contribution in [-0.2, 0) is 0 Å². The maximum Gasteiger partial charge on any atom is 0.254 e. The summed E-state index contributed by atoms with van der Waals surface area (Å²) in [6, 6.07) is 22.1. The predicted molar refractivity (Wildman–Crippen MR) is 85.8 cm³/mol. The molecule has 3 nitrogen and oxygen atoms in total. The molecule has 2 aromatic carbocycles. The van der Waals surface area contributed by atoms with Crippen molar-refractivity contribution in [1.82, 2.24) is 5.32 Å². The van der Waals surface area contributed by atoms with Crippen LogP contribution in [0.25, 0.3) is 0 Å². The summed E-state index contributed by atoms with van der Waals surface area (Å²) in [5.41, 5.74) is 2.90. The van der Waals surface area contributed by atoms with Gasteiger partial charge in [-0.05, 0) is 17.2 Å². The Kier molecular flexibility index (Phi) is 4.35. The molecule has 0 bridgehead atoms. The largest absolute Gasteiger partial charge is 0.472 e. The quantitative estimate of drug-likeness (QED) is 0.776. The highest BCUT2D eigenvalue weighted by atomic mass is 16.3. The second-order valence-electron chi connectivity index (χ2n) is 5.10. The standard InChI is InChI=1S/C19H17NO2/c21-19(17-11-12-22-14-17)20-13-18(15-7-3-1-4-8-15)16-9-5-2-6-10-16/h1-12,14,18H,13H2,(H,20,21). The number of hydrogen-bond acceptors (Lipinski definition) is 2. The molecule has 0 aliphatic rings. The van der Waals surface area contributed by atoms with Gasteiger partial charge in [0, 0.05) is 12.5 Å². The van der Waals surface area contributed by atoms with Crippen LogP contribution < -0.4 is 5.32 Å². The lowest BCUT2D eigenvalue weighted by molar-refractivity contribution is 0.0952. The summed E-state index contributed by atoms with van der Waals surface area (Å²) in [5.74, 6) is 0.00358. The molecule has 1 aromatic heterocycles. The summed E-state index contributed by atoms with van der Waals surface area (Å²) >= 11 is 0. The summed E-state index contributed by atoms with van der Waals surface area (Å²) in [5, 5.41) is 2.98. The molecular weight excluding hydrogens is 274 g/mol. The lowest BCUT2D eigenvalue weighted by Crippen LogP contribution is -2.28. The molecule has 22 heavy (non-hydrogen) atoms. The van der Waals surface area contributed by atoms with Crippen molar-refractivity contribution in [2.75, 3.05) is 6.54 Å². The van der Waals surface area contributed by atoms with E-state index in [0.717, 1.165) is 0 Å². The van der Waals surface area contributed by atoms with E-state index in [2.05, 4.69) is 29.6 Å². The molecule has 3 heteroatoms. The van der Waals surface area contributed by atoms with Gasteiger partial charge in [0.1, 0.15) is 6.26 Å². The Morgan fingerprint density at radius 3 is 2.00 bits per heavy atom. The minimum absolute atomic E-state index is 0.120. The van der Waals surface area contributed by atoms with Crippen LogP contribution in [0.1, 0.15) is 27.4 Å². The Morgan fingerprint density at radius 2 is 1.50 bits per heavy atom. The molecule has 3 aromatic rings. The van der Waals surface area contributed by atoms with Crippen molar-refractivity contribution >= 4 is 5.91 Å². The Morgan fingerprint density at radius 1 is 0.909 bits per heavy atom. The lowest BCUT2D eigenvalue weighted by atomic mass is 9.91. The third-order valence-electron chi connectivity index (χ3n) is 3.65. The Bertz CT molecular complexity index is 666. The highest BCUT2D eigenvalue weighted by Crippen LogP contribution is 2.23. The number of rotatable bonds is 5. The van der Waals surface area contributed by atoms with Gasteiger partial charge < -0.3 is 9.73 Å². The molecule has 0 saturated heterocycles. The fraction of sp³-hybridized carbons (Fsp3) is 0.105. The number of benzene rings is 2. The van der Waals surface area contributed by atoms with Crippen molar-refractivity contribution in [2.45, 2.75) is 5.92 Å². The van der Waals surface area contributed by atoms with Crippen LogP contribution in [0.15, 0.2) is 83.7 Å². The predicted octanol–water partition coefficient (Wildman–Crippen LogP) is 3.84. The summed E-state index contributed by atoms with van der Waals surface area (Å²) in [4.78, 5) is 12.1. The molecule has 0 saturated carbocycles. The summed E-state index contributed by atoms with van der Waals surface area (Å²) in [7, 11) is 0. The fourth-order valence-electron chi connectivity index (χ4n) is 2.49. The molecule has 0 atom stereocenters. The molecule has 0 aliphatic heterocycles. The minimum atomic E-state index is -0.120. The van der Waals surface area contributed by atoms with Gasteiger partial charge in [0.2, 0.25) is 0 Å². The molecule has 0 aliphatic carbocycles. The fourth-order valence-corrected chi connectivity index (χ4v) is 2.49. The smallest absolute Gasteiger partial charge is 0.254 e. The normalized spacial score (nSPS) is 10.6. The van der Waals surface area contributed by atoms with E-state index < -0.39 is 0 Å². The maximum atomic E-state index is 12.1. The average molecular weight is 291 g/mol. The van der Waals surface area contributed by atoms with Crippen LogP contribution in [-0.4, -0.2) is 12.5 Å². The topological polar surface area (TPSA) is 42.2 Å². The van der Waals surface area contributed by atoms with E-state index in [1.807, 2.05) is 36.4 Å². The third kappa shape index (κ3) is 3.26. The van der Waals surface area contributed by atoms with Gasteiger partial charge in [-0.2, -0.15) is 0 Å². The second-order valence-corrected chi connectivity index (χ2v) is 5.10. The van der Waals surface area contributed by atoms with Gasteiger partial charge in [-0.1, -0.05) is 60.7 Å². The van der Waals surface area contributed by atoms with E-state index in [9.17, 15) is 4.79 Å². The van der Waals surface area contributed by atoms with Crippen molar-refractivity contribution in [3.8, 4) is 0 Å². The number of hydrogen-bond donors (Lipinski definition) is 1. The number of carbonyl (C=O) groups is 1. The van der Waals surface area contributed by atoms with E-state index >= 15 is 0 Å². The molecule has 0 radical (unpaired) electrons. The maximum absolute atomic E-state index is 12.1. The molecule has 1 amide bonds. The molecule has 1 N–H and O–H groups in total. The first-order valence-electron chi connectivity index (χ1n) is 7.25. The Hall–Kier alpha value is -2.81. The number of carbonyl (C=O) groups excluding carboxylic acids is 1. The van der Waals surface area contributed by atoms with E-state index in [0.29, 0.717) is 12.1 Å². The van der Waals surface area contributed by atoms with Crippen LogP contribution in [0.4, 0.5) is 0 Å². The molecular formula is C19H17NO2. The Labute approximate surface area is 129 Å². The van der Waals surface area contributed by atoms with Crippen molar-refractivity contribution in [2.24, 2.45) is 0 Å². The summed E-state index contributed by atoms with van der Waals surface area (Å²) < 4.78 is 4.95. The first-order chi connectivity index (χ1) is 10.8. The van der Waals surface area contributed by atoms with Crippen molar-refractivity contribution in [3.63, 3.8) is 0 Å². The van der Waals surface area contributed by atoms with E-state index in [4.69, 9.17) is 4.42 Å². The molecule has 0 fully saturated rings. The first kappa shape index (κ1) is 14.1. The highest BCUT2D eigenvalue weighted by molar-refractivity contribution is 5.93. The number of nitrogens with one attached hydrogen (secondary N) is 1. The zero-order chi connectivity index (χ0) is 15.2. The van der Waals surface area contributed by atoms with Crippen LogP contribution in [0, 0.1) is 0 Å². The monoisotopic (exact) mass is 291 g/mol. The summed E-state index contributed by atoms with van der Waals surface area (Å²) in [6.07, 6.45) is 2.95.